The second-order valence-corrected chi connectivity index (χ2v) is 3.99. The molecule has 2 heteroatoms. The van der Waals surface area contributed by atoms with Crippen LogP contribution in [0, 0.1) is 0 Å². The lowest BCUT2D eigenvalue weighted by molar-refractivity contribution is 0.0997. The molecule has 1 N–H and O–H groups in total. The van der Waals surface area contributed by atoms with E-state index in [1.165, 1.54) is 25.7 Å². The average molecular weight is 197 g/mol. The molecule has 0 aliphatic carbocycles. The van der Waals surface area contributed by atoms with Crippen molar-refractivity contribution >= 4 is 0 Å². The Morgan fingerprint density at radius 1 is 1.64 bits per heavy atom. The Bertz CT molecular complexity index is 152. The summed E-state index contributed by atoms with van der Waals surface area (Å²) in [5, 5.41) is 3.48. The molecule has 14 heavy (non-hydrogen) atoms. The van der Waals surface area contributed by atoms with Crippen LogP contribution < -0.4 is 5.32 Å². The fourth-order valence-corrected chi connectivity index (χ4v) is 2.05. The van der Waals surface area contributed by atoms with E-state index in [1.807, 2.05) is 6.08 Å². The van der Waals surface area contributed by atoms with Crippen molar-refractivity contribution in [2.75, 3.05) is 13.2 Å². The average Bonchev–Trinajstić information content (AvgIpc) is 2.67. The van der Waals surface area contributed by atoms with E-state index in [-0.39, 0.29) is 0 Å². The molecule has 1 heterocycles. The third kappa shape index (κ3) is 4.25. The summed E-state index contributed by atoms with van der Waals surface area (Å²) < 4.78 is 5.61. The summed E-state index contributed by atoms with van der Waals surface area (Å²) in [5.74, 6) is 0. The SMILES string of the molecule is C=CCC(CCC1CCCO1)NCC. The Morgan fingerprint density at radius 2 is 2.50 bits per heavy atom. The monoisotopic (exact) mass is 197 g/mol. The standard InChI is InChI=1S/C12H23NO/c1-3-6-11(13-4-2)8-9-12-7-5-10-14-12/h3,11-13H,1,4-10H2,2H3. The van der Waals surface area contributed by atoms with E-state index < -0.39 is 0 Å². The lowest BCUT2D eigenvalue weighted by Gasteiger charge is -2.17. The van der Waals surface area contributed by atoms with Crippen LogP contribution in [0.15, 0.2) is 12.7 Å². The lowest BCUT2D eigenvalue weighted by Crippen LogP contribution is -2.29. The molecule has 82 valence electrons. The van der Waals surface area contributed by atoms with Gasteiger partial charge in [0.15, 0.2) is 0 Å². The third-order valence-corrected chi connectivity index (χ3v) is 2.81. The van der Waals surface area contributed by atoms with Crippen molar-refractivity contribution in [3.8, 4) is 0 Å². The fourth-order valence-electron chi connectivity index (χ4n) is 2.05. The topological polar surface area (TPSA) is 21.3 Å². The van der Waals surface area contributed by atoms with Crippen molar-refractivity contribution in [2.45, 2.75) is 51.2 Å². The summed E-state index contributed by atoms with van der Waals surface area (Å²) in [7, 11) is 0. The van der Waals surface area contributed by atoms with Crippen molar-refractivity contribution in [3.05, 3.63) is 12.7 Å². The van der Waals surface area contributed by atoms with Gasteiger partial charge in [-0.25, -0.2) is 0 Å². The van der Waals surface area contributed by atoms with Gasteiger partial charge >= 0.3 is 0 Å². The van der Waals surface area contributed by atoms with E-state index in [9.17, 15) is 0 Å². The van der Waals surface area contributed by atoms with Crippen LogP contribution in [0.5, 0.6) is 0 Å². The summed E-state index contributed by atoms with van der Waals surface area (Å²) in [6, 6.07) is 0.599. The molecule has 1 fully saturated rings. The van der Waals surface area contributed by atoms with Crippen LogP contribution in [0.3, 0.4) is 0 Å². The summed E-state index contributed by atoms with van der Waals surface area (Å²) in [6.45, 7) is 7.96. The van der Waals surface area contributed by atoms with E-state index in [4.69, 9.17) is 4.74 Å². The molecule has 1 saturated heterocycles. The zero-order valence-electron chi connectivity index (χ0n) is 9.30. The molecule has 1 aliphatic rings. The first-order valence-electron chi connectivity index (χ1n) is 5.82. The Labute approximate surface area is 87.7 Å². The summed E-state index contributed by atoms with van der Waals surface area (Å²) in [6.07, 6.45) is 8.52. The van der Waals surface area contributed by atoms with Crippen LogP contribution in [0.4, 0.5) is 0 Å². The molecule has 1 aliphatic heterocycles. The van der Waals surface area contributed by atoms with Crippen LogP contribution in [0.25, 0.3) is 0 Å². The van der Waals surface area contributed by atoms with Crippen molar-refractivity contribution in [3.63, 3.8) is 0 Å². The van der Waals surface area contributed by atoms with Crippen LogP contribution in [-0.4, -0.2) is 25.3 Å². The van der Waals surface area contributed by atoms with Gasteiger partial charge in [-0.05, 0) is 38.6 Å². The van der Waals surface area contributed by atoms with Gasteiger partial charge in [-0.15, -0.1) is 6.58 Å². The first-order valence-corrected chi connectivity index (χ1v) is 5.82. The molecule has 0 aromatic heterocycles. The molecule has 0 amide bonds. The van der Waals surface area contributed by atoms with Gasteiger partial charge in [0.25, 0.3) is 0 Å². The second-order valence-electron chi connectivity index (χ2n) is 3.99. The molecule has 2 atom stereocenters. The molecular formula is C12H23NO. The molecule has 2 nitrogen and oxygen atoms in total. The maximum atomic E-state index is 5.61. The minimum Gasteiger partial charge on any atom is -0.378 e. The van der Waals surface area contributed by atoms with Crippen LogP contribution in [0.2, 0.25) is 0 Å². The van der Waals surface area contributed by atoms with Gasteiger partial charge in [0.1, 0.15) is 0 Å². The Morgan fingerprint density at radius 3 is 3.07 bits per heavy atom. The van der Waals surface area contributed by atoms with Gasteiger partial charge in [-0.2, -0.15) is 0 Å². The number of rotatable bonds is 7. The van der Waals surface area contributed by atoms with Gasteiger partial charge in [-0.1, -0.05) is 13.0 Å². The van der Waals surface area contributed by atoms with E-state index >= 15 is 0 Å². The quantitative estimate of drug-likeness (QED) is 0.633. The Hall–Kier alpha value is -0.340. The molecular weight excluding hydrogens is 174 g/mol. The van der Waals surface area contributed by atoms with E-state index in [0.29, 0.717) is 12.1 Å². The van der Waals surface area contributed by atoms with Gasteiger partial charge < -0.3 is 10.1 Å². The molecule has 0 saturated carbocycles. The minimum atomic E-state index is 0.529. The summed E-state index contributed by atoms with van der Waals surface area (Å²) in [5.41, 5.74) is 0. The van der Waals surface area contributed by atoms with Crippen LogP contribution in [0.1, 0.15) is 39.0 Å². The maximum absolute atomic E-state index is 5.61. The van der Waals surface area contributed by atoms with E-state index in [2.05, 4.69) is 18.8 Å². The Balaban J connectivity index is 2.13. The van der Waals surface area contributed by atoms with Crippen molar-refractivity contribution < 1.29 is 4.74 Å². The zero-order chi connectivity index (χ0) is 10.2. The first-order chi connectivity index (χ1) is 6.86. The predicted molar refractivity (Wildman–Crippen MR) is 60.5 cm³/mol. The van der Waals surface area contributed by atoms with Gasteiger partial charge in [0, 0.05) is 12.6 Å². The molecule has 0 radical (unpaired) electrons. The molecule has 0 aromatic rings. The highest BCUT2D eigenvalue weighted by atomic mass is 16.5. The molecule has 0 bridgehead atoms. The third-order valence-electron chi connectivity index (χ3n) is 2.81. The fraction of sp³-hybridized carbons (Fsp3) is 0.833. The molecule has 0 aromatic carbocycles. The normalized spacial score (nSPS) is 23.6. The number of hydrogen-bond acceptors (Lipinski definition) is 2. The van der Waals surface area contributed by atoms with Crippen molar-refractivity contribution in [2.24, 2.45) is 0 Å². The second kappa shape index (κ2) is 7.02. The van der Waals surface area contributed by atoms with Crippen LogP contribution in [-0.2, 0) is 4.74 Å². The predicted octanol–water partition coefficient (Wildman–Crippen LogP) is 2.50. The highest BCUT2D eigenvalue weighted by Gasteiger charge is 2.16. The summed E-state index contributed by atoms with van der Waals surface area (Å²) in [4.78, 5) is 0. The number of hydrogen-bond donors (Lipinski definition) is 1. The highest BCUT2D eigenvalue weighted by Crippen LogP contribution is 2.18. The largest absolute Gasteiger partial charge is 0.378 e. The van der Waals surface area contributed by atoms with Gasteiger partial charge in [0.2, 0.25) is 0 Å². The van der Waals surface area contributed by atoms with Gasteiger partial charge in [0.05, 0.1) is 6.10 Å². The van der Waals surface area contributed by atoms with E-state index in [0.717, 1.165) is 19.6 Å². The molecule has 1 rings (SSSR count). The molecule has 0 spiro atoms. The minimum absolute atomic E-state index is 0.529. The maximum Gasteiger partial charge on any atom is 0.0576 e. The lowest BCUT2D eigenvalue weighted by atomic mass is 10.0. The van der Waals surface area contributed by atoms with Crippen molar-refractivity contribution in [1.82, 2.24) is 5.32 Å². The first kappa shape index (κ1) is 11.7. The Kier molecular flexibility index (Phi) is 5.88. The zero-order valence-corrected chi connectivity index (χ0v) is 9.30. The number of ether oxygens (including phenoxy) is 1. The highest BCUT2D eigenvalue weighted by molar-refractivity contribution is 4.79. The number of nitrogens with one attached hydrogen (secondary N) is 1. The van der Waals surface area contributed by atoms with Gasteiger partial charge in [-0.3, -0.25) is 0 Å². The molecule has 2 unspecified atom stereocenters. The smallest absolute Gasteiger partial charge is 0.0576 e. The van der Waals surface area contributed by atoms with E-state index in [1.54, 1.807) is 0 Å². The van der Waals surface area contributed by atoms with Crippen molar-refractivity contribution in [1.29, 1.82) is 0 Å². The summed E-state index contributed by atoms with van der Waals surface area (Å²) >= 11 is 0. The van der Waals surface area contributed by atoms with Crippen LogP contribution >= 0.6 is 0 Å².